The molecule has 1 aromatic rings. The molecule has 23 heavy (non-hydrogen) atoms. The van der Waals surface area contributed by atoms with E-state index >= 15 is 0 Å². The molecule has 0 atom stereocenters. The fraction of sp³-hybridized carbons (Fsp3) is 0.600. The van der Waals surface area contributed by atoms with Crippen molar-refractivity contribution in [1.29, 1.82) is 0 Å². The van der Waals surface area contributed by atoms with Gasteiger partial charge >= 0.3 is 0 Å². The minimum absolute atomic E-state index is 0.0143. The highest BCUT2D eigenvalue weighted by Crippen LogP contribution is 2.06. The van der Waals surface area contributed by atoms with Crippen LogP contribution in [0.1, 0.15) is 31.3 Å². The fourth-order valence-electron chi connectivity index (χ4n) is 2.40. The van der Waals surface area contributed by atoms with Crippen molar-refractivity contribution in [3.8, 4) is 0 Å². The van der Waals surface area contributed by atoms with Crippen molar-refractivity contribution in [2.75, 3.05) is 32.7 Å². The molecule has 0 radical (unpaired) electrons. The Morgan fingerprint density at radius 1 is 1.22 bits per heavy atom. The number of piperazine rings is 1. The molecule has 0 bridgehead atoms. The van der Waals surface area contributed by atoms with E-state index in [1.165, 1.54) is 12.1 Å². The van der Waals surface area contributed by atoms with Gasteiger partial charge in [0.25, 0.3) is 11.5 Å². The third-order valence-corrected chi connectivity index (χ3v) is 3.44. The van der Waals surface area contributed by atoms with E-state index in [9.17, 15) is 14.4 Å². The number of nitrogens with one attached hydrogen (secondary N) is 2. The molecular weight excluding hydrogens is 298 g/mol. The lowest BCUT2D eigenvalue weighted by atomic mass is 10.1. The van der Waals surface area contributed by atoms with E-state index in [4.69, 9.17) is 0 Å². The van der Waals surface area contributed by atoms with Crippen LogP contribution in [0.15, 0.2) is 16.9 Å². The van der Waals surface area contributed by atoms with E-state index in [1.54, 1.807) is 4.90 Å². The van der Waals surface area contributed by atoms with E-state index in [0.717, 1.165) is 0 Å². The standard InChI is InChI=1S/C15H23N5O3/c1-15(2,3)16-13(22)10-19-6-8-20(9-7-19)14(23)11-4-5-12(21)18-17-11/h4-5H,6-10H2,1-3H3,(H,16,22)(H,18,21). The maximum absolute atomic E-state index is 12.3. The lowest BCUT2D eigenvalue weighted by Gasteiger charge is -2.34. The molecule has 1 aliphatic heterocycles. The van der Waals surface area contributed by atoms with Crippen molar-refractivity contribution in [2.45, 2.75) is 26.3 Å². The highest BCUT2D eigenvalue weighted by Gasteiger charge is 2.25. The summed E-state index contributed by atoms with van der Waals surface area (Å²) in [5.41, 5.74) is -0.357. The third-order valence-electron chi connectivity index (χ3n) is 3.44. The molecule has 126 valence electrons. The van der Waals surface area contributed by atoms with Gasteiger partial charge in [-0.1, -0.05) is 0 Å². The number of hydrogen-bond acceptors (Lipinski definition) is 5. The number of hydrogen-bond donors (Lipinski definition) is 2. The van der Waals surface area contributed by atoms with E-state index in [-0.39, 0.29) is 28.6 Å². The van der Waals surface area contributed by atoms with Crippen molar-refractivity contribution < 1.29 is 9.59 Å². The van der Waals surface area contributed by atoms with Crippen molar-refractivity contribution in [3.05, 3.63) is 28.2 Å². The summed E-state index contributed by atoms with van der Waals surface area (Å²) < 4.78 is 0. The zero-order valence-electron chi connectivity index (χ0n) is 13.8. The highest BCUT2D eigenvalue weighted by molar-refractivity contribution is 5.92. The first-order valence-corrected chi connectivity index (χ1v) is 7.63. The van der Waals surface area contributed by atoms with E-state index in [0.29, 0.717) is 32.7 Å². The molecule has 2 heterocycles. The monoisotopic (exact) mass is 321 g/mol. The first-order chi connectivity index (χ1) is 10.7. The molecule has 8 nitrogen and oxygen atoms in total. The smallest absolute Gasteiger partial charge is 0.274 e. The van der Waals surface area contributed by atoms with Crippen LogP contribution >= 0.6 is 0 Å². The molecule has 2 rings (SSSR count). The van der Waals surface area contributed by atoms with Gasteiger partial charge in [0, 0.05) is 37.8 Å². The molecule has 0 aromatic carbocycles. The van der Waals surface area contributed by atoms with Crippen molar-refractivity contribution >= 4 is 11.8 Å². The zero-order chi connectivity index (χ0) is 17.0. The van der Waals surface area contributed by atoms with Gasteiger partial charge in [0.05, 0.1) is 6.54 Å². The Hall–Kier alpha value is -2.22. The Kier molecular flexibility index (Phi) is 5.15. The van der Waals surface area contributed by atoms with E-state index in [2.05, 4.69) is 15.5 Å². The number of H-pyrrole nitrogens is 1. The van der Waals surface area contributed by atoms with Crippen LogP contribution < -0.4 is 10.9 Å². The van der Waals surface area contributed by atoms with Crippen molar-refractivity contribution in [3.63, 3.8) is 0 Å². The average molecular weight is 321 g/mol. The molecule has 8 heteroatoms. The Balaban J connectivity index is 1.84. The first kappa shape index (κ1) is 17.1. The van der Waals surface area contributed by atoms with Gasteiger partial charge in [-0.15, -0.1) is 0 Å². The van der Waals surface area contributed by atoms with Crippen LogP contribution in [-0.4, -0.2) is 70.1 Å². The second-order valence-corrected chi connectivity index (χ2v) is 6.67. The SMILES string of the molecule is CC(C)(C)NC(=O)CN1CCN(C(=O)c2ccc(=O)[nH]n2)CC1. The lowest BCUT2D eigenvalue weighted by Crippen LogP contribution is -2.53. The summed E-state index contributed by atoms with van der Waals surface area (Å²) in [5, 5.41) is 8.94. The number of rotatable bonds is 3. The van der Waals surface area contributed by atoms with Gasteiger partial charge in [-0.25, -0.2) is 5.10 Å². The number of aromatic amines is 1. The maximum Gasteiger partial charge on any atom is 0.274 e. The Morgan fingerprint density at radius 3 is 2.39 bits per heavy atom. The van der Waals surface area contributed by atoms with Gasteiger partial charge in [0.1, 0.15) is 5.69 Å². The molecule has 0 spiro atoms. The van der Waals surface area contributed by atoms with Crippen LogP contribution in [-0.2, 0) is 4.79 Å². The number of carbonyl (C=O) groups is 2. The summed E-state index contributed by atoms with van der Waals surface area (Å²) in [6.07, 6.45) is 0. The summed E-state index contributed by atoms with van der Waals surface area (Å²) in [7, 11) is 0. The van der Waals surface area contributed by atoms with Gasteiger partial charge in [0.15, 0.2) is 0 Å². The van der Waals surface area contributed by atoms with E-state index < -0.39 is 0 Å². The molecule has 2 amide bonds. The predicted molar refractivity (Wildman–Crippen MR) is 85.1 cm³/mol. The maximum atomic E-state index is 12.3. The Morgan fingerprint density at radius 2 is 1.87 bits per heavy atom. The normalized spacial score (nSPS) is 16.2. The molecule has 0 unspecified atom stereocenters. The minimum atomic E-state index is -0.337. The quantitative estimate of drug-likeness (QED) is 0.778. The molecule has 1 saturated heterocycles. The zero-order valence-corrected chi connectivity index (χ0v) is 13.8. The molecular formula is C15H23N5O3. The summed E-state index contributed by atoms with van der Waals surface area (Å²) in [6.45, 7) is 8.48. The van der Waals surface area contributed by atoms with Crippen LogP contribution in [0, 0.1) is 0 Å². The summed E-state index contributed by atoms with van der Waals surface area (Å²) in [4.78, 5) is 38.9. The molecule has 0 aliphatic carbocycles. The molecule has 2 N–H and O–H groups in total. The van der Waals surface area contributed by atoms with Gasteiger partial charge in [-0.2, -0.15) is 5.10 Å². The largest absolute Gasteiger partial charge is 0.350 e. The van der Waals surface area contributed by atoms with Gasteiger partial charge in [0.2, 0.25) is 5.91 Å². The number of aromatic nitrogens is 2. The van der Waals surface area contributed by atoms with Gasteiger partial charge < -0.3 is 10.2 Å². The van der Waals surface area contributed by atoms with Crippen molar-refractivity contribution in [2.24, 2.45) is 0 Å². The summed E-state index contributed by atoms with van der Waals surface area (Å²) in [5.74, 6) is -0.223. The molecule has 1 aliphatic rings. The van der Waals surface area contributed by atoms with Gasteiger partial charge in [-0.05, 0) is 26.8 Å². The minimum Gasteiger partial charge on any atom is -0.350 e. The van der Waals surface area contributed by atoms with Crippen LogP contribution in [0.2, 0.25) is 0 Å². The van der Waals surface area contributed by atoms with E-state index in [1.807, 2.05) is 25.7 Å². The summed E-state index contributed by atoms with van der Waals surface area (Å²) in [6, 6.07) is 2.71. The second kappa shape index (κ2) is 6.91. The van der Waals surface area contributed by atoms with Crippen LogP contribution in [0.4, 0.5) is 0 Å². The number of nitrogens with zero attached hydrogens (tertiary/aromatic N) is 3. The topological polar surface area (TPSA) is 98.4 Å². The lowest BCUT2D eigenvalue weighted by molar-refractivity contribution is -0.124. The fourth-order valence-corrected chi connectivity index (χ4v) is 2.40. The number of amides is 2. The molecule has 1 aromatic heterocycles. The Labute approximate surface area is 134 Å². The Bertz CT molecular complexity index is 606. The van der Waals surface area contributed by atoms with Gasteiger partial charge in [-0.3, -0.25) is 19.3 Å². The summed E-state index contributed by atoms with van der Waals surface area (Å²) >= 11 is 0. The van der Waals surface area contributed by atoms with Crippen molar-refractivity contribution in [1.82, 2.24) is 25.3 Å². The predicted octanol–water partition coefficient (Wildman–Crippen LogP) is -0.558. The third kappa shape index (κ3) is 5.17. The molecule has 1 fully saturated rings. The highest BCUT2D eigenvalue weighted by atomic mass is 16.2. The first-order valence-electron chi connectivity index (χ1n) is 7.63. The second-order valence-electron chi connectivity index (χ2n) is 6.67. The van der Waals surface area contributed by atoms with Crippen LogP contribution in [0.25, 0.3) is 0 Å². The number of carbonyl (C=O) groups excluding carboxylic acids is 2. The van der Waals surface area contributed by atoms with Crippen LogP contribution in [0.5, 0.6) is 0 Å². The van der Waals surface area contributed by atoms with Crippen LogP contribution in [0.3, 0.4) is 0 Å². The average Bonchev–Trinajstić information content (AvgIpc) is 2.46. The molecule has 0 saturated carbocycles.